The van der Waals surface area contributed by atoms with E-state index >= 15 is 0 Å². The average Bonchev–Trinajstić information content (AvgIpc) is 2.76. The minimum Gasteiger partial charge on any atom is -0.368 e. The molecular formula is C13H16IN3. The van der Waals surface area contributed by atoms with Crippen LogP contribution in [0.1, 0.15) is 13.8 Å². The summed E-state index contributed by atoms with van der Waals surface area (Å²) >= 11 is 2.30. The maximum atomic E-state index is 4.25. The SMILES string of the molecule is CC(C)CNc1cc(-c2ccc(I)cc2)[nH]n1. The molecule has 90 valence electrons. The van der Waals surface area contributed by atoms with Gasteiger partial charge < -0.3 is 5.32 Å². The van der Waals surface area contributed by atoms with Gasteiger partial charge in [-0.2, -0.15) is 5.10 Å². The first-order valence-electron chi connectivity index (χ1n) is 5.70. The molecule has 1 aromatic carbocycles. The van der Waals surface area contributed by atoms with Gasteiger partial charge in [0.25, 0.3) is 0 Å². The Hall–Kier alpha value is -1.04. The molecule has 2 rings (SSSR count). The molecule has 0 aliphatic carbocycles. The number of benzene rings is 1. The molecule has 3 nitrogen and oxygen atoms in total. The molecule has 0 amide bonds. The highest BCUT2D eigenvalue weighted by molar-refractivity contribution is 14.1. The van der Waals surface area contributed by atoms with Crippen LogP contribution >= 0.6 is 22.6 Å². The van der Waals surface area contributed by atoms with Gasteiger partial charge in [0, 0.05) is 16.2 Å². The first-order valence-corrected chi connectivity index (χ1v) is 6.78. The average molecular weight is 341 g/mol. The molecule has 0 unspecified atom stereocenters. The quantitative estimate of drug-likeness (QED) is 0.832. The highest BCUT2D eigenvalue weighted by atomic mass is 127. The van der Waals surface area contributed by atoms with Gasteiger partial charge in [-0.15, -0.1) is 0 Å². The van der Waals surface area contributed by atoms with Gasteiger partial charge in [-0.05, 0) is 46.2 Å². The lowest BCUT2D eigenvalue weighted by atomic mass is 10.1. The van der Waals surface area contributed by atoms with E-state index in [2.05, 4.69) is 76.2 Å². The third-order valence-electron chi connectivity index (χ3n) is 2.42. The largest absolute Gasteiger partial charge is 0.368 e. The number of halogens is 1. The predicted octanol–water partition coefficient (Wildman–Crippen LogP) is 3.75. The minimum atomic E-state index is 0.619. The van der Waals surface area contributed by atoms with Crippen LogP contribution in [0.2, 0.25) is 0 Å². The van der Waals surface area contributed by atoms with Crippen LogP contribution in [0.5, 0.6) is 0 Å². The van der Waals surface area contributed by atoms with Crippen molar-refractivity contribution < 1.29 is 0 Å². The Morgan fingerprint density at radius 1 is 1.29 bits per heavy atom. The second-order valence-corrected chi connectivity index (χ2v) is 5.69. The Morgan fingerprint density at radius 3 is 2.65 bits per heavy atom. The second kappa shape index (κ2) is 5.53. The number of H-pyrrole nitrogens is 1. The smallest absolute Gasteiger partial charge is 0.148 e. The lowest BCUT2D eigenvalue weighted by Crippen LogP contribution is -2.07. The predicted molar refractivity (Wildman–Crippen MR) is 80.1 cm³/mol. The molecule has 1 heterocycles. The van der Waals surface area contributed by atoms with Gasteiger partial charge >= 0.3 is 0 Å². The van der Waals surface area contributed by atoms with E-state index in [1.165, 1.54) is 3.57 Å². The van der Waals surface area contributed by atoms with Crippen molar-refractivity contribution in [1.29, 1.82) is 0 Å². The normalized spacial score (nSPS) is 10.8. The molecule has 0 radical (unpaired) electrons. The van der Waals surface area contributed by atoms with Crippen molar-refractivity contribution in [2.24, 2.45) is 5.92 Å². The summed E-state index contributed by atoms with van der Waals surface area (Å²) in [5.74, 6) is 1.53. The van der Waals surface area contributed by atoms with Crippen molar-refractivity contribution in [2.45, 2.75) is 13.8 Å². The van der Waals surface area contributed by atoms with E-state index in [0.717, 1.165) is 23.6 Å². The van der Waals surface area contributed by atoms with Crippen molar-refractivity contribution in [3.8, 4) is 11.3 Å². The number of anilines is 1. The fourth-order valence-corrected chi connectivity index (χ4v) is 1.86. The van der Waals surface area contributed by atoms with Crippen LogP contribution in [0.3, 0.4) is 0 Å². The number of aromatic amines is 1. The summed E-state index contributed by atoms with van der Waals surface area (Å²) in [6.07, 6.45) is 0. The maximum Gasteiger partial charge on any atom is 0.148 e. The summed E-state index contributed by atoms with van der Waals surface area (Å²) in [5.41, 5.74) is 2.21. The van der Waals surface area contributed by atoms with Crippen molar-refractivity contribution in [3.63, 3.8) is 0 Å². The Kier molecular flexibility index (Phi) is 4.04. The zero-order valence-corrected chi connectivity index (χ0v) is 12.2. The van der Waals surface area contributed by atoms with E-state index in [-0.39, 0.29) is 0 Å². The topological polar surface area (TPSA) is 40.7 Å². The van der Waals surface area contributed by atoms with Gasteiger partial charge in [0.05, 0.1) is 5.69 Å². The molecule has 0 saturated heterocycles. The van der Waals surface area contributed by atoms with Crippen LogP contribution < -0.4 is 5.32 Å². The number of hydrogen-bond acceptors (Lipinski definition) is 2. The van der Waals surface area contributed by atoms with Crippen LogP contribution in [0.25, 0.3) is 11.3 Å². The van der Waals surface area contributed by atoms with E-state index in [4.69, 9.17) is 0 Å². The number of nitrogens with zero attached hydrogens (tertiary/aromatic N) is 1. The van der Waals surface area contributed by atoms with E-state index < -0.39 is 0 Å². The molecule has 0 spiro atoms. The first-order chi connectivity index (χ1) is 8.15. The minimum absolute atomic E-state index is 0.619. The fraction of sp³-hybridized carbons (Fsp3) is 0.308. The molecule has 0 aliphatic rings. The molecule has 2 aromatic rings. The van der Waals surface area contributed by atoms with Gasteiger partial charge in [-0.25, -0.2) is 0 Å². The summed E-state index contributed by atoms with van der Waals surface area (Å²) in [6, 6.07) is 10.4. The van der Waals surface area contributed by atoms with E-state index in [1.54, 1.807) is 0 Å². The van der Waals surface area contributed by atoms with Gasteiger partial charge in [0.2, 0.25) is 0 Å². The molecule has 0 bridgehead atoms. The van der Waals surface area contributed by atoms with E-state index in [1.807, 2.05) is 6.07 Å². The summed E-state index contributed by atoms with van der Waals surface area (Å²) in [5, 5.41) is 10.6. The summed E-state index contributed by atoms with van der Waals surface area (Å²) in [4.78, 5) is 0. The Labute approximate surface area is 115 Å². The highest BCUT2D eigenvalue weighted by Gasteiger charge is 2.03. The van der Waals surface area contributed by atoms with Gasteiger partial charge in [0.1, 0.15) is 5.82 Å². The van der Waals surface area contributed by atoms with E-state index in [9.17, 15) is 0 Å². The third kappa shape index (κ3) is 3.46. The second-order valence-electron chi connectivity index (χ2n) is 4.45. The van der Waals surface area contributed by atoms with Crippen LogP contribution in [-0.2, 0) is 0 Å². The molecule has 0 aliphatic heterocycles. The van der Waals surface area contributed by atoms with Crippen LogP contribution in [0.15, 0.2) is 30.3 Å². The monoisotopic (exact) mass is 341 g/mol. The zero-order valence-electron chi connectivity index (χ0n) is 10.00. The molecule has 4 heteroatoms. The Morgan fingerprint density at radius 2 is 2.00 bits per heavy atom. The van der Waals surface area contributed by atoms with Crippen molar-refractivity contribution in [3.05, 3.63) is 33.9 Å². The van der Waals surface area contributed by atoms with Crippen molar-refractivity contribution in [2.75, 3.05) is 11.9 Å². The molecule has 0 saturated carbocycles. The highest BCUT2D eigenvalue weighted by Crippen LogP contribution is 2.20. The van der Waals surface area contributed by atoms with Gasteiger partial charge in [0.15, 0.2) is 0 Å². The molecular weight excluding hydrogens is 325 g/mol. The first kappa shape index (κ1) is 12.4. The molecule has 1 aromatic heterocycles. The number of hydrogen-bond donors (Lipinski definition) is 2. The lowest BCUT2D eigenvalue weighted by Gasteiger charge is -2.04. The van der Waals surface area contributed by atoms with Crippen LogP contribution in [-0.4, -0.2) is 16.7 Å². The van der Waals surface area contributed by atoms with E-state index in [0.29, 0.717) is 5.92 Å². The number of nitrogens with one attached hydrogen (secondary N) is 2. The standard InChI is InChI=1S/C13H16IN3/c1-9(2)8-15-13-7-12(16-17-13)10-3-5-11(14)6-4-10/h3-7,9H,8H2,1-2H3,(H2,15,16,17). The van der Waals surface area contributed by atoms with Crippen LogP contribution in [0.4, 0.5) is 5.82 Å². The maximum absolute atomic E-state index is 4.25. The summed E-state index contributed by atoms with van der Waals surface area (Å²) in [7, 11) is 0. The Balaban J connectivity index is 2.10. The van der Waals surface area contributed by atoms with Gasteiger partial charge in [-0.3, -0.25) is 5.10 Å². The summed E-state index contributed by atoms with van der Waals surface area (Å²) in [6.45, 7) is 5.30. The number of rotatable bonds is 4. The lowest BCUT2D eigenvalue weighted by molar-refractivity contribution is 0.687. The van der Waals surface area contributed by atoms with Crippen LogP contribution in [0, 0.1) is 9.49 Å². The Bertz CT molecular complexity index is 474. The van der Waals surface area contributed by atoms with Gasteiger partial charge in [-0.1, -0.05) is 26.0 Å². The van der Waals surface area contributed by atoms with Crippen molar-refractivity contribution in [1.82, 2.24) is 10.2 Å². The zero-order chi connectivity index (χ0) is 12.3. The van der Waals surface area contributed by atoms with Crippen molar-refractivity contribution >= 4 is 28.4 Å². The fourth-order valence-electron chi connectivity index (χ4n) is 1.50. The number of aromatic nitrogens is 2. The summed E-state index contributed by atoms with van der Waals surface area (Å²) < 4.78 is 1.24. The third-order valence-corrected chi connectivity index (χ3v) is 3.14. The molecule has 0 fully saturated rings. The molecule has 17 heavy (non-hydrogen) atoms. The molecule has 0 atom stereocenters. The molecule has 2 N–H and O–H groups in total.